The molecule has 0 saturated carbocycles. The molecule has 0 fully saturated rings. The van der Waals surface area contributed by atoms with Crippen molar-refractivity contribution in [3.05, 3.63) is 81.9 Å². The maximum absolute atomic E-state index is 14.2. The number of nitrogens with zero attached hydrogens (tertiary/aromatic N) is 3. The van der Waals surface area contributed by atoms with Crippen LogP contribution in [0.15, 0.2) is 53.6 Å². The Kier molecular flexibility index (Phi) is 7.24. The molecule has 1 heterocycles. The van der Waals surface area contributed by atoms with Crippen LogP contribution in [0, 0.1) is 26.6 Å². The number of hydrogen-bond acceptors (Lipinski definition) is 4. The number of benzene rings is 2. The summed E-state index contributed by atoms with van der Waals surface area (Å²) in [7, 11) is -3.75. The van der Waals surface area contributed by atoms with Crippen LogP contribution >= 0.6 is 11.6 Å². The SMILES string of the molecule is Cc1ccc(Cl)cc1N(CC(=O)NN=Cc1cc(C)n(-c2ccccc2F)c1C)S(C)(=O)=O. The number of aromatic nitrogens is 1. The van der Waals surface area contributed by atoms with Gasteiger partial charge in [0, 0.05) is 22.0 Å². The van der Waals surface area contributed by atoms with Gasteiger partial charge in [-0.15, -0.1) is 0 Å². The normalized spacial score (nSPS) is 11.7. The van der Waals surface area contributed by atoms with Crippen molar-refractivity contribution in [2.45, 2.75) is 20.8 Å². The molecule has 0 saturated heterocycles. The molecule has 2 aromatic carbocycles. The molecule has 0 unspecified atom stereocenters. The molecule has 0 spiro atoms. The minimum atomic E-state index is -3.75. The number of carbonyl (C=O) groups excluding carboxylic acids is 1. The Morgan fingerprint density at radius 3 is 2.55 bits per heavy atom. The van der Waals surface area contributed by atoms with E-state index in [4.69, 9.17) is 11.6 Å². The molecule has 0 aliphatic rings. The average molecular weight is 491 g/mol. The molecule has 0 atom stereocenters. The number of sulfonamides is 1. The summed E-state index contributed by atoms with van der Waals surface area (Å²) in [5.41, 5.74) is 5.96. The lowest BCUT2D eigenvalue weighted by atomic mass is 10.2. The van der Waals surface area contributed by atoms with E-state index in [1.165, 1.54) is 18.3 Å². The van der Waals surface area contributed by atoms with E-state index < -0.39 is 22.5 Å². The number of hydrogen-bond donors (Lipinski definition) is 1. The van der Waals surface area contributed by atoms with Crippen LogP contribution in [0.5, 0.6) is 0 Å². The molecule has 1 aromatic heterocycles. The highest BCUT2D eigenvalue weighted by Gasteiger charge is 2.22. The third-order valence-electron chi connectivity index (χ3n) is 5.08. The highest BCUT2D eigenvalue weighted by atomic mass is 35.5. The van der Waals surface area contributed by atoms with Crippen LogP contribution in [0.4, 0.5) is 10.1 Å². The fourth-order valence-corrected chi connectivity index (χ4v) is 4.57. The highest BCUT2D eigenvalue weighted by molar-refractivity contribution is 7.92. The largest absolute Gasteiger partial charge is 0.315 e. The second-order valence-corrected chi connectivity index (χ2v) is 9.95. The summed E-state index contributed by atoms with van der Waals surface area (Å²) >= 11 is 6.01. The van der Waals surface area contributed by atoms with Gasteiger partial charge in [0.25, 0.3) is 5.91 Å². The summed E-state index contributed by atoms with van der Waals surface area (Å²) in [5, 5.41) is 4.32. The molecule has 174 valence electrons. The lowest BCUT2D eigenvalue weighted by Gasteiger charge is -2.23. The Bertz CT molecular complexity index is 1340. The maximum Gasteiger partial charge on any atom is 0.260 e. The molecule has 7 nitrogen and oxygen atoms in total. The first kappa shape index (κ1) is 24.5. The number of anilines is 1. The van der Waals surface area contributed by atoms with Gasteiger partial charge in [-0.2, -0.15) is 5.10 Å². The second kappa shape index (κ2) is 9.76. The van der Waals surface area contributed by atoms with Gasteiger partial charge in [-0.25, -0.2) is 18.2 Å². The van der Waals surface area contributed by atoms with E-state index in [9.17, 15) is 17.6 Å². The number of carbonyl (C=O) groups is 1. The maximum atomic E-state index is 14.2. The summed E-state index contributed by atoms with van der Waals surface area (Å²) in [6.45, 7) is 4.92. The zero-order valence-corrected chi connectivity index (χ0v) is 20.2. The molecule has 3 rings (SSSR count). The molecule has 1 amide bonds. The van der Waals surface area contributed by atoms with Crippen molar-refractivity contribution in [2.75, 3.05) is 17.1 Å². The number of halogens is 2. The number of hydrazone groups is 1. The van der Waals surface area contributed by atoms with Crippen LogP contribution < -0.4 is 9.73 Å². The lowest BCUT2D eigenvalue weighted by Crippen LogP contribution is -2.39. The highest BCUT2D eigenvalue weighted by Crippen LogP contribution is 2.26. The first-order valence-corrected chi connectivity index (χ1v) is 12.2. The molecule has 0 radical (unpaired) electrons. The summed E-state index contributed by atoms with van der Waals surface area (Å²) in [5.74, 6) is -0.979. The monoisotopic (exact) mass is 490 g/mol. The quantitative estimate of drug-likeness (QED) is 0.399. The number of rotatable bonds is 7. The van der Waals surface area contributed by atoms with Gasteiger partial charge in [0.05, 0.1) is 23.8 Å². The molecule has 0 aliphatic carbocycles. The van der Waals surface area contributed by atoms with Crippen molar-refractivity contribution in [1.82, 2.24) is 9.99 Å². The molecule has 0 bridgehead atoms. The van der Waals surface area contributed by atoms with Crippen LogP contribution in [0.2, 0.25) is 5.02 Å². The van der Waals surface area contributed by atoms with Crippen LogP contribution in [-0.4, -0.2) is 37.9 Å². The molecule has 33 heavy (non-hydrogen) atoms. The van der Waals surface area contributed by atoms with Crippen molar-refractivity contribution in [3.8, 4) is 5.69 Å². The molecule has 1 N–H and O–H groups in total. The van der Waals surface area contributed by atoms with Crippen molar-refractivity contribution in [2.24, 2.45) is 5.10 Å². The molecular formula is C23H24ClFN4O3S. The van der Waals surface area contributed by atoms with Gasteiger partial charge in [-0.05, 0) is 56.7 Å². The fourth-order valence-electron chi connectivity index (χ4n) is 3.49. The third-order valence-corrected chi connectivity index (χ3v) is 6.45. The molecule has 10 heteroatoms. The number of para-hydroxylation sites is 1. The minimum absolute atomic E-state index is 0.317. The standard InChI is InChI=1S/C23H24ClFN4O3S/c1-15-9-10-19(24)12-22(15)28(33(4,31)32)14-23(30)27-26-13-18-11-16(2)29(17(18)3)21-8-6-5-7-20(21)25/h5-13H,14H2,1-4H3,(H,27,30). The van der Waals surface area contributed by atoms with Gasteiger partial charge < -0.3 is 4.57 Å². The Balaban J connectivity index is 1.78. The van der Waals surface area contributed by atoms with E-state index in [1.807, 2.05) is 19.9 Å². The van der Waals surface area contributed by atoms with Crippen LogP contribution in [0.1, 0.15) is 22.5 Å². The van der Waals surface area contributed by atoms with Crippen molar-refractivity contribution < 1.29 is 17.6 Å². The fraction of sp³-hybridized carbons (Fsp3) is 0.217. The smallest absolute Gasteiger partial charge is 0.260 e. The van der Waals surface area contributed by atoms with E-state index in [1.54, 1.807) is 41.8 Å². The van der Waals surface area contributed by atoms with E-state index in [-0.39, 0.29) is 5.82 Å². The first-order chi connectivity index (χ1) is 15.5. The van der Waals surface area contributed by atoms with Crippen molar-refractivity contribution in [3.63, 3.8) is 0 Å². The zero-order chi connectivity index (χ0) is 24.3. The molecular weight excluding hydrogens is 467 g/mol. The van der Waals surface area contributed by atoms with Crippen molar-refractivity contribution in [1.29, 1.82) is 0 Å². The topological polar surface area (TPSA) is 83.8 Å². The van der Waals surface area contributed by atoms with Gasteiger partial charge in [0.2, 0.25) is 10.0 Å². The Labute approximate surface area is 197 Å². The van der Waals surface area contributed by atoms with Crippen molar-refractivity contribution >= 4 is 39.4 Å². The minimum Gasteiger partial charge on any atom is -0.315 e. The second-order valence-electron chi connectivity index (χ2n) is 7.61. The van der Waals surface area contributed by atoms with E-state index in [2.05, 4.69) is 10.5 Å². The van der Waals surface area contributed by atoms with Crippen LogP contribution in [-0.2, 0) is 14.8 Å². The molecule has 3 aromatic rings. The molecule has 0 aliphatic heterocycles. The Morgan fingerprint density at radius 1 is 1.18 bits per heavy atom. The summed E-state index contributed by atoms with van der Waals surface area (Å²) < 4.78 is 41.6. The number of aryl methyl sites for hydroxylation is 2. The predicted octanol–water partition coefficient (Wildman–Crippen LogP) is 4.11. The summed E-state index contributed by atoms with van der Waals surface area (Å²) in [6.07, 6.45) is 2.45. The van der Waals surface area contributed by atoms with E-state index in [0.717, 1.165) is 21.9 Å². The van der Waals surface area contributed by atoms with E-state index >= 15 is 0 Å². The zero-order valence-electron chi connectivity index (χ0n) is 18.6. The average Bonchev–Trinajstić information content (AvgIpc) is 3.01. The van der Waals surface area contributed by atoms with Gasteiger partial charge in [-0.1, -0.05) is 29.8 Å². The van der Waals surface area contributed by atoms with Crippen LogP contribution in [0.3, 0.4) is 0 Å². The Hall–Kier alpha value is -3.17. The summed E-state index contributed by atoms with van der Waals surface area (Å²) in [6, 6.07) is 13.1. The van der Waals surface area contributed by atoms with Gasteiger partial charge in [0.15, 0.2) is 0 Å². The lowest BCUT2D eigenvalue weighted by molar-refractivity contribution is -0.119. The van der Waals surface area contributed by atoms with Gasteiger partial charge in [-0.3, -0.25) is 9.10 Å². The van der Waals surface area contributed by atoms with Crippen LogP contribution in [0.25, 0.3) is 5.69 Å². The first-order valence-electron chi connectivity index (χ1n) is 9.98. The number of nitrogens with one attached hydrogen (secondary N) is 1. The van der Waals surface area contributed by atoms with Gasteiger partial charge in [0.1, 0.15) is 12.4 Å². The van der Waals surface area contributed by atoms with E-state index in [0.29, 0.717) is 27.5 Å². The van der Waals surface area contributed by atoms with Gasteiger partial charge >= 0.3 is 0 Å². The predicted molar refractivity (Wildman–Crippen MR) is 129 cm³/mol. The Morgan fingerprint density at radius 2 is 1.88 bits per heavy atom. The summed E-state index contributed by atoms with van der Waals surface area (Å²) in [4.78, 5) is 12.5. The third kappa shape index (κ3) is 5.61. The number of amides is 1.